The summed E-state index contributed by atoms with van der Waals surface area (Å²) in [7, 11) is 0. The van der Waals surface area contributed by atoms with Crippen LogP contribution in [0.1, 0.15) is 19.8 Å². The topological polar surface area (TPSA) is 21.3 Å². The molecule has 1 saturated heterocycles. The van der Waals surface area contributed by atoms with E-state index in [9.17, 15) is 13.2 Å². The normalized spacial score (nSPS) is 23.1. The molecular weight excluding hydrogens is 183 g/mol. The third kappa shape index (κ3) is 3.95. The minimum atomic E-state index is -4.49. The summed E-state index contributed by atoms with van der Waals surface area (Å²) in [6.45, 7) is 3.16. The lowest BCUT2D eigenvalue weighted by atomic mass is 9.82. The minimum Gasteiger partial charge on any atom is -0.317 e. The van der Waals surface area contributed by atoms with E-state index in [4.69, 9.17) is 0 Å². The van der Waals surface area contributed by atoms with Crippen LogP contribution in [0, 0.1) is 5.41 Å². The molecule has 0 bridgehead atoms. The van der Waals surface area contributed by atoms with Gasteiger partial charge < -0.3 is 5.32 Å². The molecular formula is C8H14F3NO. The minimum absolute atomic E-state index is 0.224. The molecule has 0 aliphatic carbocycles. The Morgan fingerprint density at radius 2 is 1.85 bits per heavy atom. The first-order chi connectivity index (χ1) is 5.91. The van der Waals surface area contributed by atoms with E-state index in [0.717, 1.165) is 25.9 Å². The smallest absolute Gasteiger partial charge is 0.317 e. The summed E-state index contributed by atoms with van der Waals surface area (Å²) in [5.74, 6) is 0. The highest BCUT2D eigenvalue weighted by molar-refractivity contribution is 4.80. The van der Waals surface area contributed by atoms with Crippen molar-refractivity contribution < 1.29 is 17.9 Å². The lowest BCUT2D eigenvalue weighted by Crippen LogP contribution is -2.39. The highest BCUT2D eigenvalue weighted by Gasteiger charge is 2.35. The Kier molecular flexibility index (Phi) is 3.18. The standard InChI is InChI=1S/C8H14F3NO/c1-7(2-4-12-5-3-7)6-13-8(9,10)11/h12H,2-6H2,1H3. The van der Waals surface area contributed by atoms with Gasteiger partial charge in [-0.3, -0.25) is 4.74 Å². The van der Waals surface area contributed by atoms with Gasteiger partial charge in [-0.05, 0) is 31.3 Å². The van der Waals surface area contributed by atoms with E-state index < -0.39 is 6.36 Å². The Morgan fingerprint density at radius 3 is 2.31 bits per heavy atom. The van der Waals surface area contributed by atoms with Gasteiger partial charge in [0.2, 0.25) is 0 Å². The number of alkyl halides is 3. The highest BCUT2D eigenvalue weighted by atomic mass is 19.4. The van der Waals surface area contributed by atoms with Crippen molar-refractivity contribution in [2.24, 2.45) is 5.41 Å². The molecule has 0 aromatic heterocycles. The molecule has 1 aliphatic rings. The lowest BCUT2D eigenvalue weighted by molar-refractivity contribution is -0.333. The summed E-state index contributed by atoms with van der Waals surface area (Å²) in [4.78, 5) is 0. The van der Waals surface area contributed by atoms with Gasteiger partial charge in [-0.25, -0.2) is 0 Å². The van der Waals surface area contributed by atoms with Crippen LogP contribution in [0.5, 0.6) is 0 Å². The van der Waals surface area contributed by atoms with Crippen LogP contribution in [-0.4, -0.2) is 26.1 Å². The first-order valence-corrected chi connectivity index (χ1v) is 4.33. The van der Waals surface area contributed by atoms with Gasteiger partial charge in [-0.15, -0.1) is 13.2 Å². The Hall–Kier alpha value is -0.290. The van der Waals surface area contributed by atoms with Crippen LogP contribution < -0.4 is 5.32 Å². The fourth-order valence-corrected chi connectivity index (χ4v) is 1.43. The van der Waals surface area contributed by atoms with Crippen LogP contribution in [0.25, 0.3) is 0 Å². The van der Waals surface area contributed by atoms with Gasteiger partial charge in [0.25, 0.3) is 0 Å². The first-order valence-electron chi connectivity index (χ1n) is 4.33. The summed E-state index contributed by atoms with van der Waals surface area (Å²) in [5.41, 5.74) is -0.319. The molecule has 1 heterocycles. The van der Waals surface area contributed by atoms with Gasteiger partial charge in [0.1, 0.15) is 0 Å². The number of hydrogen-bond acceptors (Lipinski definition) is 2. The van der Waals surface area contributed by atoms with Crippen molar-refractivity contribution >= 4 is 0 Å². The van der Waals surface area contributed by atoms with Gasteiger partial charge in [0.15, 0.2) is 0 Å². The van der Waals surface area contributed by atoms with E-state index in [1.54, 1.807) is 0 Å². The van der Waals surface area contributed by atoms with E-state index >= 15 is 0 Å². The SMILES string of the molecule is CC1(COC(F)(F)F)CCNCC1. The van der Waals surface area contributed by atoms with Crippen molar-refractivity contribution in [2.75, 3.05) is 19.7 Å². The monoisotopic (exact) mass is 197 g/mol. The fraction of sp³-hybridized carbons (Fsp3) is 1.00. The molecule has 0 aromatic rings. The van der Waals surface area contributed by atoms with Crippen molar-refractivity contribution in [3.63, 3.8) is 0 Å². The Morgan fingerprint density at radius 1 is 1.31 bits per heavy atom. The summed E-state index contributed by atoms with van der Waals surface area (Å²) >= 11 is 0. The number of nitrogens with one attached hydrogen (secondary N) is 1. The van der Waals surface area contributed by atoms with Crippen molar-refractivity contribution in [2.45, 2.75) is 26.1 Å². The predicted molar refractivity (Wildman–Crippen MR) is 42.2 cm³/mol. The largest absolute Gasteiger partial charge is 0.522 e. The van der Waals surface area contributed by atoms with E-state index in [1.165, 1.54) is 0 Å². The van der Waals surface area contributed by atoms with Gasteiger partial charge >= 0.3 is 6.36 Å². The highest BCUT2D eigenvalue weighted by Crippen LogP contribution is 2.30. The molecule has 1 fully saturated rings. The maximum absolute atomic E-state index is 11.7. The first kappa shape index (κ1) is 10.8. The van der Waals surface area contributed by atoms with Crippen molar-refractivity contribution in [3.05, 3.63) is 0 Å². The molecule has 0 amide bonds. The molecule has 2 nitrogen and oxygen atoms in total. The van der Waals surface area contributed by atoms with Crippen LogP contribution in [0.15, 0.2) is 0 Å². The van der Waals surface area contributed by atoms with Gasteiger partial charge in [0, 0.05) is 0 Å². The number of halogens is 3. The maximum atomic E-state index is 11.7. The van der Waals surface area contributed by atoms with Crippen molar-refractivity contribution in [1.82, 2.24) is 5.32 Å². The summed E-state index contributed by atoms with van der Waals surface area (Å²) < 4.78 is 39.1. The molecule has 0 aromatic carbocycles. The van der Waals surface area contributed by atoms with E-state index in [0.29, 0.717) is 0 Å². The van der Waals surface area contributed by atoms with Crippen molar-refractivity contribution in [1.29, 1.82) is 0 Å². The number of piperidine rings is 1. The molecule has 0 spiro atoms. The molecule has 1 N–H and O–H groups in total. The van der Waals surface area contributed by atoms with Gasteiger partial charge in [-0.1, -0.05) is 6.92 Å². The molecule has 5 heteroatoms. The average molecular weight is 197 g/mol. The van der Waals surface area contributed by atoms with Crippen LogP contribution in [0.4, 0.5) is 13.2 Å². The number of rotatable bonds is 2. The zero-order valence-electron chi connectivity index (χ0n) is 7.58. The van der Waals surface area contributed by atoms with Crippen LogP contribution >= 0.6 is 0 Å². The van der Waals surface area contributed by atoms with E-state index in [1.807, 2.05) is 6.92 Å². The van der Waals surface area contributed by atoms with Crippen LogP contribution in [0.2, 0.25) is 0 Å². The number of hydrogen-bond donors (Lipinski definition) is 1. The zero-order valence-corrected chi connectivity index (χ0v) is 7.58. The summed E-state index contributed by atoms with van der Waals surface area (Å²) in [5, 5.41) is 3.10. The quantitative estimate of drug-likeness (QED) is 0.730. The zero-order chi connectivity index (χ0) is 9.95. The summed E-state index contributed by atoms with van der Waals surface area (Å²) in [6, 6.07) is 0. The van der Waals surface area contributed by atoms with Crippen LogP contribution in [-0.2, 0) is 4.74 Å². The fourth-order valence-electron chi connectivity index (χ4n) is 1.43. The molecule has 1 aliphatic heterocycles. The predicted octanol–water partition coefficient (Wildman–Crippen LogP) is 1.91. The molecule has 1 rings (SSSR count). The Balaban J connectivity index is 2.33. The van der Waals surface area contributed by atoms with Crippen molar-refractivity contribution in [3.8, 4) is 0 Å². The molecule has 78 valence electrons. The van der Waals surface area contributed by atoms with E-state index in [-0.39, 0.29) is 12.0 Å². The third-order valence-electron chi connectivity index (χ3n) is 2.39. The van der Waals surface area contributed by atoms with Crippen LogP contribution in [0.3, 0.4) is 0 Å². The second-order valence-electron chi connectivity index (χ2n) is 3.80. The van der Waals surface area contributed by atoms with E-state index in [2.05, 4.69) is 10.1 Å². The third-order valence-corrected chi connectivity index (χ3v) is 2.39. The molecule has 0 saturated carbocycles. The molecule has 0 atom stereocenters. The van der Waals surface area contributed by atoms with Gasteiger partial charge in [-0.2, -0.15) is 0 Å². The number of ether oxygens (including phenoxy) is 1. The average Bonchev–Trinajstić information content (AvgIpc) is 2.02. The Bertz CT molecular complexity index is 163. The van der Waals surface area contributed by atoms with Gasteiger partial charge in [0.05, 0.1) is 6.61 Å². The lowest BCUT2D eigenvalue weighted by Gasteiger charge is -2.33. The summed E-state index contributed by atoms with van der Waals surface area (Å²) in [6.07, 6.45) is -3.01. The molecule has 0 unspecified atom stereocenters. The Labute approximate surface area is 75.4 Å². The second kappa shape index (κ2) is 3.84. The second-order valence-corrected chi connectivity index (χ2v) is 3.80. The molecule has 13 heavy (non-hydrogen) atoms. The maximum Gasteiger partial charge on any atom is 0.522 e. The molecule has 0 radical (unpaired) electrons.